The van der Waals surface area contributed by atoms with Crippen LogP contribution in [0.4, 0.5) is 5.69 Å². The van der Waals surface area contributed by atoms with Gasteiger partial charge in [0.2, 0.25) is 5.90 Å². The Balaban J connectivity index is 1.18. The highest BCUT2D eigenvalue weighted by molar-refractivity contribution is 9.10. The van der Waals surface area contributed by atoms with E-state index in [2.05, 4.69) is 36.5 Å². The molecule has 2 aliphatic heterocycles. The summed E-state index contributed by atoms with van der Waals surface area (Å²) in [5, 5.41) is 5.03. The third kappa shape index (κ3) is 4.78. The van der Waals surface area contributed by atoms with Gasteiger partial charge in [-0.1, -0.05) is 6.07 Å². The molecule has 2 aromatic carbocycles. The molecule has 2 aliphatic rings. The first-order chi connectivity index (χ1) is 18.8. The molecular formula is C28H15BrN4O6. The van der Waals surface area contributed by atoms with Crippen molar-refractivity contribution in [2.45, 2.75) is 0 Å². The number of pyridine rings is 1. The lowest BCUT2D eigenvalue weighted by atomic mass is 10.0. The topological polar surface area (TPSA) is 140 Å². The van der Waals surface area contributed by atoms with E-state index in [1.807, 2.05) is 0 Å². The maximum atomic E-state index is 12.4. The summed E-state index contributed by atoms with van der Waals surface area (Å²) in [6, 6.07) is 16.5. The zero-order valence-electron chi connectivity index (χ0n) is 19.7. The van der Waals surface area contributed by atoms with Crippen molar-refractivity contribution < 1.29 is 28.3 Å². The lowest BCUT2D eigenvalue weighted by Gasteiger charge is -2.06. The number of esters is 1. The highest BCUT2D eigenvalue weighted by Crippen LogP contribution is 2.28. The van der Waals surface area contributed by atoms with Crippen molar-refractivity contribution in [2.24, 2.45) is 4.99 Å². The summed E-state index contributed by atoms with van der Waals surface area (Å²) >= 11 is 3.29. The van der Waals surface area contributed by atoms with Gasteiger partial charge < -0.3 is 14.5 Å². The lowest BCUT2D eigenvalue weighted by molar-refractivity contribution is -0.129. The molecule has 2 aromatic heterocycles. The van der Waals surface area contributed by atoms with E-state index in [9.17, 15) is 19.2 Å². The Hall–Kier alpha value is -5.16. The van der Waals surface area contributed by atoms with Gasteiger partial charge in [0.05, 0.1) is 16.7 Å². The molecule has 0 atom stereocenters. The molecule has 4 heterocycles. The van der Waals surface area contributed by atoms with E-state index >= 15 is 0 Å². The predicted octanol–water partition coefficient (Wildman–Crippen LogP) is 4.58. The molecule has 3 amide bonds. The summed E-state index contributed by atoms with van der Waals surface area (Å²) in [5.41, 5.74) is 2.72. The van der Waals surface area contributed by atoms with E-state index in [1.165, 1.54) is 12.3 Å². The molecular weight excluding hydrogens is 568 g/mol. The number of fused-ring (bicyclic) bond motifs is 1. The van der Waals surface area contributed by atoms with Gasteiger partial charge in [0, 0.05) is 39.8 Å². The molecule has 4 aromatic rings. The van der Waals surface area contributed by atoms with Crippen molar-refractivity contribution in [1.82, 2.24) is 10.3 Å². The summed E-state index contributed by atoms with van der Waals surface area (Å²) in [6.45, 7) is 0. The third-order valence-corrected chi connectivity index (χ3v) is 6.34. The van der Waals surface area contributed by atoms with Crippen molar-refractivity contribution in [2.75, 3.05) is 5.32 Å². The largest absolute Gasteiger partial charge is 0.457 e. The second kappa shape index (κ2) is 9.62. The quantitative estimate of drug-likeness (QED) is 0.199. The van der Waals surface area contributed by atoms with Crippen LogP contribution < -0.4 is 10.6 Å². The molecule has 0 bridgehead atoms. The number of carbonyl (C=O) groups excluding carboxylic acids is 4. The van der Waals surface area contributed by atoms with E-state index in [1.54, 1.807) is 66.9 Å². The van der Waals surface area contributed by atoms with Crippen LogP contribution >= 0.6 is 15.9 Å². The third-order valence-electron chi connectivity index (χ3n) is 5.90. The fourth-order valence-corrected chi connectivity index (χ4v) is 4.37. The number of carbonyl (C=O) groups is 4. The summed E-state index contributed by atoms with van der Waals surface area (Å²) in [5.74, 6) is -0.944. The second-order valence-electron chi connectivity index (χ2n) is 8.50. The summed E-state index contributed by atoms with van der Waals surface area (Å²) in [6.07, 6.45) is 4.49. The van der Waals surface area contributed by atoms with E-state index in [-0.39, 0.29) is 23.1 Å². The number of benzene rings is 2. The van der Waals surface area contributed by atoms with Gasteiger partial charge in [-0.05, 0) is 70.5 Å². The number of hydrogen-bond donors (Lipinski definition) is 2. The Bertz CT molecular complexity index is 1770. The molecule has 0 spiro atoms. The zero-order chi connectivity index (χ0) is 27.1. The average molecular weight is 583 g/mol. The van der Waals surface area contributed by atoms with Gasteiger partial charge >= 0.3 is 5.97 Å². The van der Waals surface area contributed by atoms with Crippen molar-refractivity contribution in [3.05, 3.63) is 111 Å². The minimum atomic E-state index is -0.643. The van der Waals surface area contributed by atoms with Crippen LogP contribution in [-0.4, -0.2) is 34.6 Å². The minimum absolute atomic E-state index is 0.0457. The number of rotatable bonds is 5. The lowest BCUT2D eigenvalue weighted by Crippen LogP contribution is -2.19. The summed E-state index contributed by atoms with van der Waals surface area (Å²) in [7, 11) is 0. The van der Waals surface area contributed by atoms with Gasteiger partial charge in [-0.2, -0.15) is 0 Å². The number of ether oxygens (including phenoxy) is 1. The summed E-state index contributed by atoms with van der Waals surface area (Å²) in [4.78, 5) is 56.8. The maximum absolute atomic E-state index is 12.4. The molecule has 190 valence electrons. The number of anilines is 1. The van der Waals surface area contributed by atoms with E-state index in [0.29, 0.717) is 43.9 Å². The van der Waals surface area contributed by atoms with Crippen LogP contribution in [0.2, 0.25) is 0 Å². The van der Waals surface area contributed by atoms with Crippen molar-refractivity contribution in [3.8, 4) is 11.3 Å². The van der Waals surface area contributed by atoms with Crippen LogP contribution in [0.25, 0.3) is 17.4 Å². The zero-order valence-corrected chi connectivity index (χ0v) is 21.3. The number of hydrogen-bond acceptors (Lipinski definition) is 8. The standard InChI is InChI=1S/C28H15BrN4O6/c29-17-9-16(12-30-13-17)24(34)31-18-4-1-14(2-5-18)27-32-22(28(37)39-27)11-19-6-8-23(38-19)15-3-7-20-21(10-15)26(36)33-25(20)35/h1-13H,(H,31,34)(H,33,35,36)/b22-11-. The van der Waals surface area contributed by atoms with Gasteiger partial charge in [-0.3, -0.25) is 24.7 Å². The molecule has 2 N–H and O–H groups in total. The normalized spacial score (nSPS) is 15.2. The maximum Gasteiger partial charge on any atom is 0.363 e. The minimum Gasteiger partial charge on any atom is -0.457 e. The van der Waals surface area contributed by atoms with Gasteiger partial charge in [0.25, 0.3) is 17.7 Å². The molecule has 0 saturated heterocycles. The predicted molar refractivity (Wildman–Crippen MR) is 143 cm³/mol. The Kier molecular flexibility index (Phi) is 5.97. The highest BCUT2D eigenvalue weighted by Gasteiger charge is 2.28. The van der Waals surface area contributed by atoms with Gasteiger partial charge in [0.1, 0.15) is 11.5 Å². The number of aromatic nitrogens is 1. The molecule has 0 radical (unpaired) electrons. The molecule has 0 unspecified atom stereocenters. The number of furan rings is 1. The summed E-state index contributed by atoms with van der Waals surface area (Å²) < 4.78 is 11.8. The highest BCUT2D eigenvalue weighted by atomic mass is 79.9. The van der Waals surface area contributed by atoms with Gasteiger partial charge in [0.15, 0.2) is 5.70 Å². The number of amides is 3. The fraction of sp³-hybridized carbons (Fsp3) is 0. The molecule has 0 saturated carbocycles. The van der Waals surface area contributed by atoms with Crippen molar-refractivity contribution in [3.63, 3.8) is 0 Å². The smallest absolute Gasteiger partial charge is 0.363 e. The molecule has 11 heteroatoms. The monoisotopic (exact) mass is 582 g/mol. The van der Waals surface area contributed by atoms with Crippen LogP contribution in [0.15, 0.2) is 92.6 Å². The molecule has 39 heavy (non-hydrogen) atoms. The number of halogens is 1. The Labute approximate surface area is 228 Å². The average Bonchev–Trinajstić information content (AvgIpc) is 3.62. The van der Waals surface area contributed by atoms with Gasteiger partial charge in [-0.25, -0.2) is 9.79 Å². The number of nitrogens with one attached hydrogen (secondary N) is 2. The molecule has 10 nitrogen and oxygen atoms in total. The second-order valence-corrected chi connectivity index (χ2v) is 9.42. The van der Waals surface area contributed by atoms with E-state index in [4.69, 9.17) is 9.15 Å². The number of cyclic esters (lactones) is 1. The number of aliphatic imine (C=N–C) groups is 1. The Morgan fingerprint density at radius 2 is 1.67 bits per heavy atom. The number of nitrogens with zero attached hydrogens (tertiary/aromatic N) is 2. The molecule has 0 fully saturated rings. The Morgan fingerprint density at radius 3 is 2.46 bits per heavy atom. The first kappa shape index (κ1) is 24.2. The Morgan fingerprint density at radius 1 is 0.897 bits per heavy atom. The van der Waals surface area contributed by atoms with Crippen molar-refractivity contribution >= 4 is 57.3 Å². The van der Waals surface area contributed by atoms with Crippen LogP contribution in [0.5, 0.6) is 0 Å². The van der Waals surface area contributed by atoms with Crippen LogP contribution in [0, 0.1) is 0 Å². The van der Waals surface area contributed by atoms with E-state index in [0.717, 1.165) is 0 Å². The van der Waals surface area contributed by atoms with Crippen molar-refractivity contribution in [1.29, 1.82) is 0 Å². The number of imide groups is 1. The van der Waals surface area contributed by atoms with Gasteiger partial charge in [-0.15, -0.1) is 0 Å². The van der Waals surface area contributed by atoms with Crippen LogP contribution in [-0.2, 0) is 9.53 Å². The van der Waals surface area contributed by atoms with Crippen LogP contribution in [0.1, 0.15) is 42.4 Å². The van der Waals surface area contributed by atoms with Crippen LogP contribution in [0.3, 0.4) is 0 Å². The fourth-order valence-electron chi connectivity index (χ4n) is 4.01. The molecule has 0 aliphatic carbocycles. The molecule has 6 rings (SSSR count). The van der Waals surface area contributed by atoms with E-state index < -0.39 is 17.8 Å². The SMILES string of the molecule is O=C1OC(c2ccc(NC(=O)c3cncc(Br)c3)cc2)=N/C1=C\c1ccc(-c2ccc3c(c2)C(=O)NC3=O)o1. The first-order valence-electron chi connectivity index (χ1n) is 11.5. The first-order valence-corrected chi connectivity index (χ1v) is 12.3.